The Labute approximate surface area is 255 Å². The Morgan fingerprint density at radius 3 is 2.63 bits per heavy atom. The molecule has 1 fully saturated rings. The predicted molar refractivity (Wildman–Crippen MR) is 169 cm³/mol. The number of sulfonamides is 1. The summed E-state index contributed by atoms with van der Waals surface area (Å²) < 4.78 is 29.2. The number of aromatic nitrogens is 3. The fraction of sp³-hybridized carbons (Fsp3) is 0.500. The number of anilines is 2. The molecule has 11 heteroatoms. The van der Waals surface area contributed by atoms with Gasteiger partial charge in [-0.25, -0.2) is 14.7 Å². The second-order valence-corrected chi connectivity index (χ2v) is 15.0. The smallest absolute Gasteiger partial charge is 0.281 e. The molecule has 2 atom stereocenters. The highest BCUT2D eigenvalue weighted by molar-refractivity contribution is 7.90. The van der Waals surface area contributed by atoms with E-state index in [0.717, 1.165) is 49.1 Å². The Morgan fingerprint density at radius 2 is 1.88 bits per heavy atom. The van der Waals surface area contributed by atoms with Gasteiger partial charge in [0.25, 0.3) is 15.9 Å². The van der Waals surface area contributed by atoms with Crippen molar-refractivity contribution in [1.29, 1.82) is 0 Å². The maximum Gasteiger partial charge on any atom is 0.281 e. The van der Waals surface area contributed by atoms with Gasteiger partial charge in [0.15, 0.2) is 5.03 Å². The highest BCUT2D eigenvalue weighted by Crippen LogP contribution is 2.41. The molecule has 2 aliphatic heterocycles. The van der Waals surface area contributed by atoms with E-state index in [9.17, 15) is 13.2 Å². The third kappa shape index (κ3) is 6.83. The number of nitrogens with one attached hydrogen (secondary N) is 2. The van der Waals surface area contributed by atoms with Gasteiger partial charge >= 0.3 is 0 Å². The van der Waals surface area contributed by atoms with Crippen LogP contribution in [0.15, 0.2) is 53.7 Å². The van der Waals surface area contributed by atoms with Crippen LogP contribution in [-0.2, 0) is 21.9 Å². The van der Waals surface area contributed by atoms with Gasteiger partial charge in [0.1, 0.15) is 11.6 Å². The van der Waals surface area contributed by atoms with Gasteiger partial charge in [0, 0.05) is 29.4 Å². The number of fused-ring (bicyclic) bond motifs is 6. The average Bonchev–Trinajstić information content (AvgIpc) is 3.26. The summed E-state index contributed by atoms with van der Waals surface area (Å²) in [6.45, 7) is 11.8. The van der Waals surface area contributed by atoms with E-state index in [-0.39, 0.29) is 27.6 Å². The predicted octanol–water partition coefficient (Wildman–Crippen LogP) is 4.73. The van der Waals surface area contributed by atoms with Gasteiger partial charge in [-0.05, 0) is 100 Å². The Bertz CT molecular complexity index is 1600. The highest BCUT2D eigenvalue weighted by atomic mass is 32.2. The first-order chi connectivity index (χ1) is 20.3. The van der Waals surface area contributed by atoms with Crippen LogP contribution in [0.4, 0.5) is 11.6 Å². The summed E-state index contributed by atoms with van der Waals surface area (Å²) in [5.74, 6) is 0.500. The van der Waals surface area contributed by atoms with Gasteiger partial charge in [-0.2, -0.15) is 8.42 Å². The molecule has 4 bridgehead atoms. The Kier molecular flexibility index (Phi) is 8.50. The molecular formula is C32H43N7O3S. The molecule has 3 aromatic heterocycles. The molecule has 0 saturated carbocycles. The van der Waals surface area contributed by atoms with E-state index in [1.165, 1.54) is 6.07 Å². The normalized spacial score (nSPS) is 21.6. The van der Waals surface area contributed by atoms with Crippen molar-refractivity contribution in [3.63, 3.8) is 0 Å². The Morgan fingerprint density at radius 1 is 1.09 bits per heavy atom. The number of hydrogen-bond acceptors (Lipinski definition) is 9. The van der Waals surface area contributed by atoms with Crippen LogP contribution >= 0.6 is 0 Å². The molecule has 0 aliphatic carbocycles. The number of pyridine rings is 3. The van der Waals surface area contributed by atoms with Crippen molar-refractivity contribution in [1.82, 2.24) is 19.7 Å². The second kappa shape index (κ2) is 11.8. The molecule has 1 saturated heterocycles. The second-order valence-electron chi connectivity index (χ2n) is 13.4. The summed E-state index contributed by atoms with van der Waals surface area (Å²) in [5, 5.41) is 3.21. The van der Waals surface area contributed by atoms with E-state index in [4.69, 9.17) is 15.7 Å². The highest BCUT2D eigenvalue weighted by Gasteiger charge is 2.41. The van der Waals surface area contributed by atoms with Gasteiger partial charge in [0.05, 0.1) is 17.3 Å². The van der Waals surface area contributed by atoms with E-state index in [1.807, 2.05) is 18.3 Å². The lowest BCUT2D eigenvalue weighted by atomic mass is 9.90. The molecule has 0 radical (unpaired) electrons. The van der Waals surface area contributed by atoms with Gasteiger partial charge in [-0.1, -0.05) is 26.8 Å². The summed E-state index contributed by atoms with van der Waals surface area (Å²) in [6.07, 6.45) is 6.12. The zero-order valence-corrected chi connectivity index (χ0v) is 26.5. The van der Waals surface area contributed by atoms with Crippen LogP contribution in [-0.4, -0.2) is 47.9 Å². The fourth-order valence-corrected chi connectivity index (χ4v) is 7.03. The topological polar surface area (TPSA) is 143 Å². The summed E-state index contributed by atoms with van der Waals surface area (Å²) in [6, 6.07) is 12.2. The summed E-state index contributed by atoms with van der Waals surface area (Å²) in [5.41, 5.74) is 8.29. The number of nitrogens with zero attached hydrogens (tertiary/aromatic N) is 4. The standard InChI is InChI=1S/C32H43N7O3S/c1-31(2,3)26-14-12-23-29(36-26)39-20-22(19-32(39,4)5)11-13-24(25-18-21(8-7-16-33)15-17-34-25)35-27-9-6-10-28(37-27)43(41,42)38-30(23)40/h6,9-10,12,14-15,17-18,22,24H,7-8,11,13,16,19-20,33H2,1-5H3,(H,35,37)(H,38,40)/t22-,24+/m0/s1. The van der Waals surface area contributed by atoms with E-state index in [0.29, 0.717) is 30.6 Å². The molecule has 10 nitrogen and oxygen atoms in total. The summed E-state index contributed by atoms with van der Waals surface area (Å²) in [4.78, 5) is 29.9. The lowest BCUT2D eigenvalue weighted by molar-refractivity contribution is 0.0981. The van der Waals surface area contributed by atoms with E-state index in [1.54, 1.807) is 18.2 Å². The number of nitrogens with two attached hydrogens (primary N) is 1. The molecular weight excluding hydrogens is 562 g/mol. The van der Waals surface area contributed by atoms with Crippen molar-refractivity contribution in [2.45, 2.75) is 88.7 Å². The largest absolute Gasteiger partial charge is 0.362 e. The first-order valence-electron chi connectivity index (χ1n) is 15.0. The molecule has 43 heavy (non-hydrogen) atoms. The molecule has 5 rings (SSSR count). The summed E-state index contributed by atoms with van der Waals surface area (Å²) in [7, 11) is -4.28. The van der Waals surface area contributed by atoms with Crippen molar-refractivity contribution >= 4 is 27.6 Å². The van der Waals surface area contributed by atoms with Crippen LogP contribution < -0.4 is 20.7 Å². The fourth-order valence-electron chi connectivity index (χ4n) is 6.10. The van der Waals surface area contributed by atoms with Crippen LogP contribution in [0.3, 0.4) is 0 Å². The third-order valence-electron chi connectivity index (χ3n) is 8.39. The van der Waals surface area contributed by atoms with Crippen LogP contribution in [0, 0.1) is 5.92 Å². The molecule has 0 aromatic carbocycles. The van der Waals surface area contributed by atoms with Crippen LogP contribution in [0.25, 0.3) is 0 Å². The van der Waals surface area contributed by atoms with Crippen LogP contribution in [0.2, 0.25) is 0 Å². The lowest BCUT2D eigenvalue weighted by Gasteiger charge is -2.34. The quantitative estimate of drug-likeness (QED) is 0.384. The Balaban J connectivity index is 1.60. The van der Waals surface area contributed by atoms with Crippen molar-refractivity contribution < 1.29 is 13.2 Å². The van der Waals surface area contributed by atoms with Crippen LogP contribution in [0.1, 0.15) is 93.7 Å². The molecule has 0 unspecified atom stereocenters. The van der Waals surface area contributed by atoms with Crippen molar-refractivity contribution in [2.75, 3.05) is 23.3 Å². The monoisotopic (exact) mass is 605 g/mol. The summed E-state index contributed by atoms with van der Waals surface area (Å²) >= 11 is 0. The van der Waals surface area contributed by atoms with Crippen LogP contribution in [0.5, 0.6) is 0 Å². The molecule has 4 N–H and O–H groups in total. The van der Waals surface area contributed by atoms with Crippen molar-refractivity contribution in [3.8, 4) is 0 Å². The van der Waals surface area contributed by atoms with Gasteiger partial charge in [-0.15, -0.1) is 0 Å². The zero-order valence-electron chi connectivity index (χ0n) is 25.7. The van der Waals surface area contributed by atoms with Gasteiger partial charge in [0.2, 0.25) is 0 Å². The lowest BCUT2D eigenvalue weighted by Crippen LogP contribution is -2.41. The minimum absolute atomic E-state index is 0.196. The van der Waals surface area contributed by atoms with E-state index >= 15 is 0 Å². The molecule has 230 valence electrons. The number of aryl methyl sites for hydroxylation is 1. The number of carbonyl (C=O) groups is 1. The minimum atomic E-state index is -4.28. The van der Waals surface area contributed by atoms with E-state index < -0.39 is 15.9 Å². The number of carbonyl (C=O) groups excluding carboxylic acids is 1. The Hall–Kier alpha value is -3.57. The number of amides is 1. The van der Waals surface area contributed by atoms with Crippen molar-refractivity contribution in [2.24, 2.45) is 11.7 Å². The average molecular weight is 606 g/mol. The molecule has 3 aromatic rings. The van der Waals surface area contributed by atoms with Gasteiger partial charge < -0.3 is 16.0 Å². The molecule has 5 heterocycles. The number of rotatable bonds is 4. The minimum Gasteiger partial charge on any atom is -0.362 e. The first-order valence-corrected chi connectivity index (χ1v) is 16.5. The molecule has 0 spiro atoms. The zero-order chi connectivity index (χ0) is 31.0. The van der Waals surface area contributed by atoms with Gasteiger partial charge in [-0.3, -0.25) is 9.78 Å². The third-order valence-corrected chi connectivity index (χ3v) is 9.62. The maximum absolute atomic E-state index is 13.6. The molecule has 2 aliphatic rings. The van der Waals surface area contributed by atoms with Crippen molar-refractivity contribution in [3.05, 3.63) is 71.2 Å². The molecule has 1 amide bonds. The first kappa shape index (κ1) is 30.9. The SMILES string of the molecule is CC(C)(C)c1ccc2c(n1)N1C[C@@H](CC[C@H](c3cc(CCCN)ccn3)Nc3cccc(n3)S(=O)(=O)NC2=O)CC1(C)C. The van der Waals surface area contributed by atoms with E-state index in [2.05, 4.69) is 60.6 Å². The number of hydrogen-bond donors (Lipinski definition) is 3. The maximum atomic E-state index is 13.6.